The molecule has 0 radical (unpaired) electrons. The Labute approximate surface area is 190 Å². The normalized spacial score (nSPS) is 14.2. The van der Waals surface area contributed by atoms with Gasteiger partial charge in [-0.2, -0.15) is 0 Å². The molecule has 9 nitrogen and oxygen atoms in total. The lowest BCUT2D eigenvalue weighted by Crippen LogP contribution is -2.51. The van der Waals surface area contributed by atoms with Crippen molar-refractivity contribution in [2.75, 3.05) is 38.5 Å². The molecule has 1 aliphatic rings. The molecule has 0 spiro atoms. The number of benzene rings is 2. The van der Waals surface area contributed by atoms with Gasteiger partial charge in [-0.15, -0.1) is 0 Å². The third-order valence-corrected chi connectivity index (χ3v) is 5.70. The number of fused-ring (bicyclic) bond motifs is 1. The number of carbonyl (C=O) groups excluding carboxylic acids is 3. The van der Waals surface area contributed by atoms with Gasteiger partial charge in [-0.25, -0.2) is 4.98 Å². The van der Waals surface area contributed by atoms with Crippen LogP contribution < -0.4 is 16.2 Å². The lowest BCUT2D eigenvalue weighted by molar-refractivity contribution is -0.306. The zero-order valence-electron chi connectivity index (χ0n) is 18.0. The van der Waals surface area contributed by atoms with E-state index >= 15 is 0 Å². The summed E-state index contributed by atoms with van der Waals surface area (Å²) in [7, 11) is 0. The number of nitrogens with zero attached hydrogens (tertiary/aromatic N) is 3. The Hall–Kier alpha value is -3.98. The minimum Gasteiger partial charge on any atom is -0.549 e. The average molecular weight is 446 g/mol. The van der Waals surface area contributed by atoms with Crippen LogP contribution >= 0.6 is 0 Å². The number of amides is 2. The van der Waals surface area contributed by atoms with Crippen molar-refractivity contribution < 1.29 is 19.5 Å². The van der Waals surface area contributed by atoms with Gasteiger partial charge < -0.3 is 25.9 Å². The van der Waals surface area contributed by atoms with Gasteiger partial charge in [0.25, 0.3) is 11.8 Å². The largest absolute Gasteiger partial charge is 0.549 e. The highest BCUT2D eigenvalue weighted by Gasteiger charge is 2.22. The number of carbonyl (C=O) groups is 3. The number of nitrogens with one attached hydrogen (secondary N) is 1. The summed E-state index contributed by atoms with van der Waals surface area (Å²) >= 11 is 0. The fourth-order valence-electron chi connectivity index (χ4n) is 3.90. The van der Waals surface area contributed by atoms with Gasteiger partial charge in [-0.05, 0) is 41.3 Å². The summed E-state index contributed by atoms with van der Waals surface area (Å²) in [5, 5.41) is 15.4. The van der Waals surface area contributed by atoms with Crippen LogP contribution in [0.1, 0.15) is 26.3 Å². The molecule has 2 aromatic carbocycles. The van der Waals surface area contributed by atoms with E-state index in [0.717, 1.165) is 16.3 Å². The molecule has 0 saturated carbocycles. The summed E-state index contributed by atoms with van der Waals surface area (Å²) in [5.41, 5.74) is 7.63. The van der Waals surface area contributed by atoms with Crippen LogP contribution in [0.2, 0.25) is 0 Å². The van der Waals surface area contributed by atoms with Crippen molar-refractivity contribution in [3.63, 3.8) is 0 Å². The second kappa shape index (κ2) is 9.66. The number of nitrogen functional groups attached to an aromatic ring is 1. The summed E-state index contributed by atoms with van der Waals surface area (Å²) in [4.78, 5) is 43.8. The van der Waals surface area contributed by atoms with Crippen LogP contribution in [0.3, 0.4) is 0 Å². The molecule has 1 aromatic heterocycles. The molecule has 4 rings (SSSR count). The summed E-state index contributed by atoms with van der Waals surface area (Å²) in [6.45, 7) is 1.93. The van der Waals surface area contributed by atoms with Crippen LogP contribution in [0, 0.1) is 0 Å². The minimum atomic E-state index is -1.13. The van der Waals surface area contributed by atoms with E-state index in [2.05, 4.69) is 10.3 Å². The highest BCUT2D eigenvalue weighted by atomic mass is 16.4. The van der Waals surface area contributed by atoms with Crippen molar-refractivity contribution in [2.45, 2.75) is 6.54 Å². The highest BCUT2D eigenvalue weighted by molar-refractivity contribution is 5.99. The Kier molecular flexibility index (Phi) is 6.50. The summed E-state index contributed by atoms with van der Waals surface area (Å²) in [5.74, 6) is -1.16. The van der Waals surface area contributed by atoms with Gasteiger partial charge in [-0.3, -0.25) is 14.5 Å². The molecule has 1 saturated heterocycles. The van der Waals surface area contributed by atoms with Gasteiger partial charge in [0.15, 0.2) is 0 Å². The molecule has 2 heterocycles. The number of aliphatic carboxylic acids is 1. The third-order valence-electron chi connectivity index (χ3n) is 5.70. The third kappa shape index (κ3) is 5.27. The van der Waals surface area contributed by atoms with Crippen molar-refractivity contribution in [3.05, 3.63) is 71.4 Å². The average Bonchev–Trinajstić information content (AvgIpc) is 2.82. The van der Waals surface area contributed by atoms with Crippen LogP contribution in [0.4, 0.5) is 5.82 Å². The van der Waals surface area contributed by atoms with E-state index in [9.17, 15) is 19.5 Å². The number of hydrogen-bond acceptors (Lipinski definition) is 7. The summed E-state index contributed by atoms with van der Waals surface area (Å²) in [6, 6.07) is 14.2. The smallest absolute Gasteiger partial charge is 0.253 e. The van der Waals surface area contributed by atoms with Crippen molar-refractivity contribution in [1.82, 2.24) is 20.1 Å². The molecule has 0 aliphatic carbocycles. The van der Waals surface area contributed by atoms with E-state index in [4.69, 9.17) is 5.73 Å². The molecule has 0 bridgehead atoms. The SMILES string of the molecule is Nc1nccc2ccc(CNC(=O)c3cccc(C(=O)N4CCN(CC(=O)[O-])CC4)c3)cc12. The van der Waals surface area contributed by atoms with Crippen molar-refractivity contribution in [2.24, 2.45) is 0 Å². The fraction of sp³-hybridized carbons (Fsp3) is 0.250. The van der Waals surface area contributed by atoms with E-state index in [1.807, 2.05) is 24.3 Å². The Morgan fingerprint density at radius 3 is 2.52 bits per heavy atom. The van der Waals surface area contributed by atoms with Gasteiger partial charge in [0.2, 0.25) is 0 Å². The Morgan fingerprint density at radius 2 is 1.76 bits per heavy atom. The first-order valence-electron chi connectivity index (χ1n) is 10.6. The molecule has 33 heavy (non-hydrogen) atoms. The molecule has 3 aromatic rings. The summed E-state index contributed by atoms with van der Waals surface area (Å²) in [6.07, 6.45) is 1.65. The van der Waals surface area contributed by atoms with E-state index in [1.54, 1.807) is 40.3 Å². The maximum Gasteiger partial charge on any atom is 0.253 e. The first-order valence-corrected chi connectivity index (χ1v) is 10.6. The van der Waals surface area contributed by atoms with Crippen LogP contribution in [0.15, 0.2) is 54.7 Å². The zero-order valence-corrected chi connectivity index (χ0v) is 18.0. The number of pyridine rings is 1. The second-order valence-electron chi connectivity index (χ2n) is 7.96. The number of nitrogens with two attached hydrogens (primary N) is 1. The molecule has 3 N–H and O–H groups in total. The van der Waals surface area contributed by atoms with Crippen molar-refractivity contribution in [3.8, 4) is 0 Å². The molecule has 0 unspecified atom stereocenters. The standard InChI is InChI=1S/C24H25N5O4/c25-22-20-12-16(4-5-17(20)6-7-26-22)14-27-23(32)18-2-1-3-19(13-18)24(33)29-10-8-28(9-11-29)15-21(30)31/h1-7,12-13H,8-11,14-15H2,(H2,25,26)(H,27,32)(H,30,31)/p-1. The number of piperazine rings is 1. The van der Waals surface area contributed by atoms with Gasteiger partial charge in [0, 0.05) is 62.0 Å². The molecule has 1 fully saturated rings. The number of carboxylic acids is 1. The molecule has 170 valence electrons. The predicted octanol–water partition coefficient (Wildman–Crippen LogP) is 0.255. The van der Waals surface area contributed by atoms with E-state index in [0.29, 0.717) is 49.7 Å². The fourth-order valence-corrected chi connectivity index (χ4v) is 3.90. The van der Waals surface area contributed by atoms with Crippen LogP contribution in [-0.2, 0) is 11.3 Å². The monoisotopic (exact) mass is 446 g/mol. The summed E-state index contributed by atoms with van der Waals surface area (Å²) < 4.78 is 0. The van der Waals surface area contributed by atoms with Crippen molar-refractivity contribution >= 4 is 34.4 Å². The number of rotatable bonds is 6. The quantitative estimate of drug-likeness (QED) is 0.555. The minimum absolute atomic E-state index is 0.141. The Bertz CT molecular complexity index is 1200. The molecular weight excluding hydrogens is 422 g/mol. The van der Waals surface area contributed by atoms with Gasteiger partial charge in [0.05, 0.1) is 5.97 Å². The Balaban J connectivity index is 1.38. The Morgan fingerprint density at radius 1 is 1.00 bits per heavy atom. The first kappa shape index (κ1) is 22.2. The lowest BCUT2D eigenvalue weighted by Gasteiger charge is -2.34. The van der Waals surface area contributed by atoms with Crippen LogP contribution in [-0.4, -0.2) is 65.3 Å². The molecule has 9 heteroatoms. The number of aromatic nitrogens is 1. The van der Waals surface area contributed by atoms with Crippen LogP contribution in [0.5, 0.6) is 0 Å². The van der Waals surface area contributed by atoms with Gasteiger partial charge >= 0.3 is 0 Å². The van der Waals surface area contributed by atoms with Crippen LogP contribution in [0.25, 0.3) is 10.8 Å². The predicted molar refractivity (Wildman–Crippen MR) is 121 cm³/mol. The van der Waals surface area contributed by atoms with E-state index < -0.39 is 5.97 Å². The molecular formula is C24H24N5O4-. The zero-order chi connectivity index (χ0) is 23.4. The maximum absolute atomic E-state index is 12.9. The number of anilines is 1. The number of carboxylic acid groups (broad SMARTS) is 1. The first-order chi connectivity index (χ1) is 15.9. The van der Waals surface area contributed by atoms with Gasteiger partial charge in [-0.1, -0.05) is 18.2 Å². The van der Waals surface area contributed by atoms with E-state index in [1.165, 1.54) is 0 Å². The number of hydrogen-bond donors (Lipinski definition) is 2. The van der Waals surface area contributed by atoms with Gasteiger partial charge in [0.1, 0.15) is 5.82 Å². The van der Waals surface area contributed by atoms with E-state index in [-0.39, 0.29) is 18.4 Å². The maximum atomic E-state index is 12.9. The molecule has 2 amide bonds. The second-order valence-corrected chi connectivity index (χ2v) is 7.96. The highest BCUT2D eigenvalue weighted by Crippen LogP contribution is 2.20. The topological polar surface area (TPSA) is 132 Å². The van der Waals surface area contributed by atoms with Crippen molar-refractivity contribution in [1.29, 1.82) is 0 Å². The lowest BCUT2D eigenvalue weighted by atomic mass is 10.1. The molecule has 1 aliphatic heterocycles. The molecule has 0 atom stereocenters.